The summed E-state index contributed by atoms with van der Waals surface area (Å²) in [7, 11) is -2.31. The van der Waals surface area contributed by atoms with Crippen molar-refractivity contribution in [3.05, 3.63) is 59.0 Å². The van der Waals surface area contributed by atoms with Gasteiger partial charge in [-0.15, -0.1) is 11.3 Å². The quantitative estimate of drug-likeness (QED) is 0.551. The lowest BCUT2D eigenvalue weighted by atomic mass is 10.2. The highest BCUT2D eigenvalue weighted by atomic mass is 32.2. The summed E-state index contributed by atoms with van der Waals surface area (Å²) >= 11 is 1.59. The van der Waals surface area contributed by atoms with Crippen molar-refractivity contribution in [3.63, 3.8) is 0 Å². The second kappa shape index (κ2) is 8.14. The number of carbonyl (C=O) groups excluding carboxylic acids is 1. The molecule has 1 aromatic heterocycles. The van der Waals surface area contributed by atoms with Gasteiger partial charge in [0.2, 0.25) is 10.0 Å². The lowest BCUT2D eigenvalue weighted by Crippen LogP contribution is -2.28. The number of esters is 1. The van der Waals surface area contributed by atoms with E-state index >= 15 is 0 Å². The van der Waals surface area contributed by atoms with Crippen molar-refractivity contribution in [3.8, 4) is 5.75 Å². The van der Waals surface area contributed by atoms with E-state index < -0.39 is 16.0 Å². The van der Waals surface area contributed by atoms with E-state index in [1.54, 1.807) is 11.3 Å². The van der Waals surface area contributed by atoms with Gasteiger partial charge in [0.05, 0.1) is 12.7 Å². The average molecular weight is 432 g/mol. The zero-order valence-electron chi connectivity index (χ0n) is 16.0. The Balaban J connectivity index is 1.57. The molecule has 1 fully saturated rings. The number of hydrogen-bond donors (Lipinski definition) is 0. The number of fused-ring (bicyclic) bond motifs is 1. The molecule has 0 spiro atoms. The summed E-state index contributed by atoms with van der Waals surface area (Å²) in [6, 6.07) is 12.3. The molecule has 3 aromatic rings. The highest BCUT2D eigenvalue weighted by Gasteiger charge is 2.30. The number of sulfonamides is 1. The van der Waals surface area contributed by atoms with Crippen LogP contribution >= 0.6 is 11.3 Å². The van der Waals surface area contributed by atoms with E-state index in [0.29, 0.717) is 13.1 Å². The summed E-state index contributed by atoms with van der Waals surface area (Å²) in [4.78, 5) is 12.6. The molecule has 1 aliphatic heterocycles. The Hall–Kier alpha value is -2.42. The van der Waals surface area contributed by atoms with Crippen molar-refractivity contribution in [1.29, 1.82) is 0 Å². The molecule has 0 bridgehead atoms. The molecule has 0 N–H and O–H groups in total. The Morgan fingerprint density at radius 3 is 2.66 bits per heavy atom. The fourth-order valence-electron chi connectivity index (χ4n) is 3.44. The third-order valence-corrected chi connectivity index (χ3v) is 7.93. The third-order valence-electron chi connectivity index (χ3n) is 5.00. The first-order valence-corrected chi connectivity index (χ1v) is 11.6. The van der Waals surface area contributed by atoms with E-state index in [2.05, 4.69) is 0 Å². The van der Waals surface area contributed by atoms with Crippen LogP contribution in [0.15, 0.2) is 52.7 Å². The maximum atomic E-state index is 13.0. The minimum absolute atomic E-state index is 0.00247. The van der Waals surface area contributed by atoms with Crippen molar-refractivity contribution < 1.29 is 22.7 Å². The van der Waals surface area contributed by atoms with Gasteiger partial charge in [0, 0.05) is 23.4 Å². The number of nitrogens with zero attached hydrogens (tertiary/aromatic N) is 1. The molecule has 0 unspecified atom stereocenters. The topological polar surface area (TPSA) is 72.9 Å². The zero-order chi connectivity index (χ0) is 20.4. The number of benzene rings is 2. The molecule has 1 saturated heterocycles. The summed E-state index contributed by atoms with van der Waals surface area (Å²) in [6.07, 6.45) is 1.66. The smallest absolute Gasteiger partial charge is 0.338 e. The number of ether oxygens (including phenoxy) is 2. The number of hydrogen-bond acceptors (Lipinski definition) is 6. The molecule has 0 saturated carbocycles. The number of rotatable bonds is 6. The molecular formula is C21H21NO5S2. The van der Waals surface area contributed by atoms with Gasteiger partial charge in [0.25, 0.3) is 0 Å². The Morgan fingerprint density at radius 1 is 1.14 bits per heavy atom. The van der Waals surface area contributed by atoms with Crippen LogP contribution in [0, 0.1) is 0 Å². The molecule has 8 heteroatoms. The van der Waals surface area contributed by atoms with Crippen LogP contribution in [0.2, 0.25) is 0 Å². The number of thiophene rings is 1. The van der Waals surface area contributed by atoms with Gasteiger partial charge in [-0.3, -0.25) is 0 Å². The molecule has 1 aliphatic rings. The molecule has 2 heterocycles. The Labute approximate surface area is 173 Å². The summed E-state index contributed by atoms with van der Waals surface area (Å²) in [5.74, 6) is -0.349. The fourth-order valence-corrected chi connectivity index (χ4v) is 6.09. The molecule has 0 radical (unpaired) electrons. The van der Waals surface area contributed by atoms with Crippen molar-refractivity contribution in [2.24, 2.45) is 0 Å². The van der Waals surface area contributed by atoms with Gasteiger partial charge >= 0.3 is 5.97 Å². The predicted molar refractivity (Wildman–Crippen MR) is 112 cm³/mol. The molecule has 152 valence electrons. The lowest BCUT2D eigenvalue weighted by molar-refractivity contribution is 0.0474. The second-order valence-corrected chi connectivity index (χ2v) is 9.63. The standard InChI is InChI=1S/C21H21NO5S2/c1-26-18-9-8-15(12-20(18)29(24,25)22-10-4-5-11-22)21(23)27-13-16-14-28-19-7-3-2-6-17(16)19/h2-3,6-9,12,14H,4-5,10-11,13H2,1H3. The molecule has 2 aromatic carbocycles. The van der Waals surface area contributed by atoms with Crippen LogP contribution in [-0.2, 0) is 21.4 Å². The van der Waals surface area contributed by atoms with E-state index in [9.17, 15) is 13.2 Å². The Morgan fingerprint density at radius 2 is 1.90 bits per heavy atom. The monoisotopic (exact) mass is 431 g/mol. The SMILES string of the molecule is COc1ccc(C(=O)OCc2csc3ccccc23)cc1S(=O)(=O)N1CCCC1. The molecule has 6 nitrogen and oxygen atoms in total. The first-order chi connectivity index (χ1) is 14.0. The van der Waals surface area contributed by atoms with Crippen molar-refractivity contribution in [2.75, 3.05) is 20.2 Å². The van der Waals surface area contributed by atoms with E-state index in [1.807, 2.05) is 29.6 Å². The third kappa shape index (κ3) is 3.88. The predicted octanol–water partition coefficient (Wildman–Crippen LogP) is 4.05. The van der Waals surface area contributed by atoms with Gasteiger partial charge in [-0.2, -0.15) is 4.31 Å². The van der Waals surface area contributed by atoms with Crippen molar-refractivity contribution >= 4 is 37.4 Å². The first kappa shape index (κ1) is 19.9. The van der Waals surface area contributed by atoms with E-state index in [1.165, 1.54) is 29.6 Å². The van der Waals surface area contributed by atoms with Crippen LogP contribution in [-0.4, -0.2) is 38.9 Å². The van der Waals surface area contributed by atoms with Gasteiger partial charge in [-0.05, 0) is 47.9 Å². The fraction of sp³-hybridized carbons (Fsp3) is 0.286. The molecule has 0 aliphatic carbocycles. The Bertz CT molecular complexity index is 1150. The summed E-state index contributed by atoms with van der Waals surface area (Å²) in [5.41, 5.74) is 1.11. The minimum Gasteiger partial charge on any atom is -0.495 e. The maximum absolute atomic E-state index is 13.0. The second-order valence-electron chi connectivity index (χ2n) is 6.81. The normalized spacial score (nSPS) is 14.9. The maximum Gasteiger partial charge on any atom is 0.338 e. The van der Waals surface area contributed by atoms with Gasteiger partial charge in [-0.25, -0.2) is 13.2 Å². The van der Waals surface area contributed by atoms with Crippen molar-refractivity contribution in [1.82, 2.24) is 4.31 Å². The zero-order valence-corrected chi connectivity index (χ0v) is 17.6. The van der Waals surface area contributed by atoms with E-state index in [-0.39, 0.29) is 22.8 Å². The van der Waals surface area contributed by atoms with Gasteiger partial charge in [-0.1, -0.05) is 18.2 Å². The summed E-state index contributed by atoms with van der Waals surface area (Å²) in [6.45, 7) is 1.08. The van der Waals surface area contributed by atoms with Gasteiger partial charge in [0.15, 0.2) is 0 Å². The van der Waals surface area contributed by atoms with E-state index in [4.69, 9.17) is 9.47 Å². The minimum atomic E-state index is -3.72. The molecule has 0 amide bonds. The van der Waals surface area contributed by atoms with Crippen LogP contribution in [0.1, 0.15) is 28.8 Å². The van der Waals surface area contributed by atoms with Gasteiger partial charge < -0.3 is 9.47 Å². The van der Waals surface area contributed by atoms with Crippen LogP contribution in [0.4, 0.5) is 0 Å². The van der Waals surface area contributed by atoms with E-state index in [0.717, 1.165) is 28.5 Å². The number of methoxy groups -OCH3 is 1. The van der Waals surface area contributed by atoms with Crippen LogP contribution in [0.25, 0.3) is 10.1 Å². The largest absolute Gasteiger partial charge is 0.495 e. The average Bonchev–Trinajstić information content (AvgIpc) is 3.42. The molecule has 4 rings (SSSR count). The highest BCUT2D eigenvalue weighted by Crippen LogP contribution is 2.30. The van der Waals surface area contributed by atoms with Crippen LogP contribution in [0.3, 0.4) is 0 Å². The molecule has 0 atom stereocenters. The molecule has 29 heavy (non-hydrogen) atoms. The van der Waals surface area contributed by atoms with Crippen LogP contribution < -0.4 is 4.74 Å². The first-order valence-electron chi connectivity index (χ1n) is 9.31. The van der Waals surface area contributed by atoms with Crippen molar-refractivity contribution in [2.45, 2.75) is 24.3 Å². The molecular weight excluding hydrogens is 410 g/mol. The summed E-state index contributed by atoms with van der Waals surface area (Å²) < 4.78 is 39.2. The van der Waals surface area contributed by atoms with Crippen LogP contribution in [0.5, 0.6) is 5.75 Å². The van der Waals surface area contributed by atoms with Gasteiger partial charge in [0.1, 0.15) is 17.3 Å². The lowest BCUT2D eigenvalue weighted by Gasteiger charge is -2.18. The highest BCUT2D eigenvalue weighted by molar-refractivity contribution is 7.89. The Kier molecular flexibility index (Phi) is 5.58. The number of carbonyl (C=O) groups is 1. The summed E-state index contributed by atoms with van der Waals surface area (Å²) in [5, 5.41) is 3.02.